The second-order valence-electron chi connectivity index (χ2n) is 1.98. The molecule has 12 heavy (non-hydrogen) atoms. The average molecular weight is 187 g/mol. The predicted octanol–water partition coefficient (Wildman–Crippen LogP) is 2.65. The van der Waals surface area contributed by atoms with Crippen LogP contribution in [-0.4, -0.2) is 4.92 Å². The molecule has 6 heteroatoms. The van der Waals surface area contributed by atoms with Crippen LogP contribution in [-0.2, 0) is 0 Å². The van der Waals surface area contributed by atoms with Gasteiger partial charge >= 0.3 is 0 Å². The second kappa shape index (κ2) is 3.27. The Morgan fingerprint density at radius 2 is 2.17 bits per heavy atom. The van der Waals surface area contributed by atoms with Crippen LogP contribution in [0.25, 0.3) is 0 Å². The van der Waals surface area contributed by atoms with Crippen LogP contribution in [0.4, 0.5) is 11.4 Å². The highest BCUT2D eigenvalue weighted by Crippen LogP contribution is 2.28. The molecule has 0 saturated heterocycles. The summed E-state index contributed by atoms with van der Waals surface area (Å²) < 4.78 is 0. The second-order valence-corrected chi connectivity index (χ2v) is 2.39. The molecule has 0 spiro atoms. The van der Waals surface area contributed by atoms with Gasteiger partial charge in [-0.25, -0.2) is 0 Å². The van der Waals surface area contributed by atoms with Crippen LogP contribution in [0.15, 0.2) is 23.4 Å². The summed E-state index contributed by atoms with van der Waals surface area (Å²) in [6, 6.07) is 3.59. The Kier molecular flexibility index (Phi) is 2.35. The van der Waals surface area contributed by atoms with E-state index in [1.807, 2.05) is 0 Å². The number of rotatable bonds is 2. The molecule has 0 unspecified atom stereocenters. The summed E-state index contributed by atoms with van der Waals surface area (Å²) >= 11 is 5.46. The zero-order valence-corrected chi connectivity index (χ0v) is 6.49. The molecular weight excluding hydrogens is 184 g/mol. The number of nitrogens with zero attached hydrogens (tertiary/aromatic N) is 2. The van der Waals surface area contributed by atoms with Crippen LogP contribution in [0, 0.1) is 15.0 Å². The zero-order chi connectivity index (χ0) is 9.14. The van der Waals surface area contributed by atoms with E-state index in [0.717, 1.165) is 6.07 Å². The first-order valence-corrected chi connectivity index (χ1v) is 3.30. The van der Waals surface area contributed by atoms with Crippen molar-refractivity contribution in [3.8, 4) is 0 Å². The molecule has 0 aliphatic rings. The van der Waals surface area contributed by atoms with Crippen molar-refractivity contribution in [2.75, 3.05) is 0 Å². The molecule has 0 atom stereocenters. The molecule has 0 radical (unpaired) electrons. The maximum atomic E-state index is 10.3. The van der Waals surface area contributed by atoms with E-state index in [2.05, 4.69) is 5.18 Å². The fourth-order valence-corrected chi connectivity index (χ4v) is 0.884. The lowest BCUT2D eigenvalue weighted by Gasteiger charge is -1.93. The molecule has 0 fully saturated rings. The summed E-state index contributed by atoms with van der Waals surface area (Å²) in [6.45, 7) is 0. The van der Waals surface area contributed by atoms with Crippen molar-refractivity contribution in [3.63, 3.8) is 0 Å². The minimum Gasteiger partial charge on any atom is -0.258 e. The maximum absolute atomic E-state index is 10.3. The Morgan fingerprint density at radius 3 is 2.67 bits per heavy atom. The Hall–Kier alpha value is -1.49. The monoisotopic (exact) mass is 186 g/mol. The van der Waals surface area contributed by atoms with Crippen molar-refractivity contribution < 1.29 is 4.92 Å². The van der Waals surface area contributed by atoms with Crippen molar-refractivity contribution in [3.05, 3.63) is 38.2 Å². The molecule has 1 aromatic rings. The van der Waals surface area contributed by atoms with Gasteiger partial charge in [0.15, 0.2) is 0 Å². The van der Waals surface area contributed by atoms with Crippen LogP contribution in [0.5, 0.6) is 0 Å². The highest BCUT2D eigenvalue weighted by molar-refractivity contribution is 6.32. The SMILES string of the molecule is O=Nc1ccc(Cl)c([N+](=O)[O-])c1. The molecule has 1 rings (SSSR count). The first kappa shape index (κ1) is 8.61. The topological polar surface area (TPSA) is 72.6 Å². The summed E-state index contributed by atoms with van der Waals surface area (Å²) in [5.74, 6) is 0. The summed E-state index contributed by atoms with van der Waals surface area (Å²) in [7, 11) is 0. The van der Waals surface area contributed by atoms with E-state index in [4.69, 9.17) is 11.6 Å². The molecule has 0 N–H and O–H groups in total. The van der Waals surface area contributed by atoms with Crippen LogP contribution >= 0.6 is 11.6 Å². The summed E-state index contributed by atoms with van der Waals surface area (Å²) in [6.07, 6.45) is 0. The maximum Gasteiger partial charge on any atom is 0.290 e. The highest BCUT2D eigenvalue weighted by Gasteiger charge is 2.12. The summed E-state index contributed by atoms with van der Waals surface area (Å²) in [5, 5.41) is 12.8. The molecule has 0 aromatic heterocycles. The molecule has 62 valence electrons. The molecule has 1 aromatic carbocycles. The van der Waals surface area contributed by atoms with E-state index in [9.17, 15) is 15.0 Å². The fourth-order valence-electron chi connectivity index (χ4n) is 0.698. The first-order chi connectivity index (χ1) is 5.65. The number of halogens is 1. The normalized spacial score (nSPS) is 9.42. The molecule has 0 aliphatic carbocycles. The Morgan fingerprint density at radius 1 is 1.50 bits per heavy atom. The van der Waals surface area contributed by atoms with Crippen LogP contribution in [0.3, 0.4) is 0 Å². The Bertz CT molecular complexity index is 340. The lowest BCUT2D eigenvalue weighted by molar-refractivity contribution is -0.384. The third-order valence-electron chi connectivity index (χ3n) is 1.23. The quantitative estimate of drug-likeness (QED) is 0.405. The zero-order valence-electron chi connectivity index (χ0n) is 5.73. The smallest absolute Gasteiger partial charge is 0.258 e. The minimum absolute atomic E-state index is 0.00704. The molecule has 0 amide bonds. The van der Waals surface area contributed by atoms with Crippen LogP contribution in [0.1, 0.15) is 0 Å². The van der Waals surface area contributed by atoms with Gasteiger partial charge in [0.05, 0.1) is 4.92 Å². The number of hydrogen-bond acceptors (Lipinski definition) is 4. The molecule has 5 nitrogen and oxygen atoms in total. The third-order valence-corrected chi connectivity index (χ3v) is 1.55. The van der Waals surface area contributed by atoms with E-state index < -0.39 is 4.92 Å². The molecule has 0 heterocycles. The lowest BCUT2D eigenvalue weighted by atomic mass is 10.3. The van der Waals surface area contributed by atoms with Crippen molar-refractivity contribution in [2.45, 2.75) is 0 Å². The van der Waals surface area contributed by atoms with Crippen molar-refractivity contribution >= 4 is 23.0 Å². The van der Waals surface area contributed by atoms with Gasteiger partial charge in [0, 0.05) is 6.07 Å². The first-order valence-electron chi connectivity index (χ1n) is 2.92. The molecular formula is C6H3ClN2O3. The van der Waals surface area contributed by atoms with E-state index in [-0.39, 0.29) is 16.4 Å². The molecule has 0 aliphatic heterocycles. The molecule has 0 saturated carbocycles. The van der Waals surface area contributed by atoms with Crippen molar-refractivity contribution in [1.29, 1.82) is 0 Å². The predicted molar refractivity (Wildman–Crippen MR) is 43.6 cm³/mol. The standard InChI is InChI=1S/C6H3ClN2O3/c7-5-2-1-4(8-10)3-6(5)9(11)12/h1-3H. The summed E-state index contributed by atoms with van der Waals surface area (Å²) in [4.78, 5) is 19.6. The van der Waals surface area contributed by atoms with E-state index >= 15 is 0 Å². The van der Waals surface area contributed by atoms with Gasteiger partial charge in [0.25, 0.3) is 5.69 Å². The van der Waals surface area contributed by atoms with Gasteiger partial charge in [-0.15, -0.1) is 4.91 Å². The van der Waals surface area contributed by atoms with Crippen LogP contribution in [0.2, 0.25) is 5.02 Å². The van der Waals surface area contributed by atoms with Crippen molar-refractivity contribution in [2.24, 2.45) is 5.18 Å². The van der Waals surface area contributed by atoms with E-state index in [1.165, 1.54) is 12.1 Å². The van der Waals surface area contributed by atoms with Crippen LogP contribution < -0.4 is 0 Å². The largest absolute Gasteiger partial charge is 0.290 e. The summed E-state index contributed by atoms with van der Waals surface area (Å²) in [5.41, 5.74) is -0.320. The number of hydrogen-bond donors (Lipinski definition) is 0. The van der Waals surface area contributed by atoms with Gasteiger partial charge in [-0.05, 0) is 17.3 Å². The lowest BCUT2D eigenvalue weighted by Crippen LogP contribution is -1.87. The Labute approximate surface area is 72.1 Å². The van der Waals surface area contributed by atoms with Gasteiger partial charge in [-0.2, -0.15) is 0 Å². The minimum atomic E-state index is -0.670. The number of nitro benzene ring substituents is 1. The van der Waals surface area contributed by atoms with Gasteiger partial charge < -0.3 is 0 Å². The van der Waals surface area contributed by atoms with Gasteiger partial charge in [-0.3, -0.25) is 10.1 Å². The average Bonchev–Trinajstić information content (AvgIpc) is 2.05. The van der Waals surface area contributed by atoms with E-state index in [0.29, 0.717) is 0 Å². The molecule has 0 bridgehead atoms. The third kappa shape index (κ3) is 1.57. The number of benzene rings is 1. The Balaban J connectivity index is 3.25. The van der Waals surface area contributed by atoms with Crippen molar-refractivity contribution in [1.82, 2.24) is 0 Å². The van der Waals surface area contributed by atoms with Gasteiger partial charge in [0.1, 0.15) is 10.7 Å². The number of nitroso groups, excluding NO2 is 1. The highest BCUT2D eigenvalue weighted by atomic mass is 35.5. The van der Waals surface area contributed by atoms with E-state index in [1.54, 1.807) is 0 Å². The van der Waals surface area contributed by atoms with Gasteiger partial charge in [-0.1, -0.05) is 11.6 Å². The fraction of sp³-hybridized carbons (Fsp3) is 0. The number of nitro groups is 1. The van der Waals surface area contributed by atoms with Gasteiger partial charge in [0.2, 0.25) is 0 Å².